The zero-order chi connectivity index (χ0) is 12.3. The summed E-state index contributed by atoms with van der Waals surface area (Å²) in [4.78, 5) is 13.7. The standard InChI is InChI=1S/C13H16BrNO2.CH3.Cs/c1-17-13(16)11-6-7-15(9-11)8-10-2-4-12(14)5-3-10;;/h2-5,11H,6-9H2,1H3;1H3;/q;-1;+1. The van der Waals surface area contributed by atoms with E-state index in [9.17, 15) is 4.79 Å². The van der Waals surface area contributed by atoms with Crippen LogP contribution in [0.3, 0.4) is 0 Å². The number of nitrogens with zero attached hydrogens (tertiary/aromatic N) is 1. The van der Waals surface area contributed by atoms with Gasteiger partial charge in [0.2, 0.25) is 0 Å². The van der Waals surface area contributed by atoms with Crippen LogP contribution in [0.1, 0.15) is 12.0 Å². The van der Waals surface area contributed by atoms with Gasteiger partial charge >= 0.3 is 74.9 Å². The minimum Gasteiger partial charge on any atom is -0.469 e. The molecule has 5 heteroatoms. The minimum absolute atomic E-state index is 0. The number of benzene rings is 1. The third-order valence-electron chi connectivity index (χ3n) is 3.13. The normalized spacial score (nSPS) is 18.3. The molecule has 1 fully saturated rings. The van der Waals surface area contributed by atoms with E-state index in [2.05, 4.69) is 33.0 Å². The summed E-state index contributed by atoms with van der Waals surface area (Å²) in [6, 6.07) is 8.30. The summed E-state index contributed by atoms with van der Waals surface area (Å²) >= 11 is 3.42. The fraction of sp³-hybridized carbons (Fsp3) is 0.429. The van der Waals surface area contributed by atoms with E-state index in [-0.39, 0.29) is 88.2 Å². The number of methoxy groups -OCH3 is 1. The molecule has 1 aromatic carbocycles. The van der Waals surface area contributed by atoms with Crippen molar-refractivity contribution in [2.75, 3.05) is 20.2 Å². The van der Waals surface area contributed by atoms with Gasteiger partial charge in [0.1, 0.15) is 0 Å². The van der Waals surface area contributed by atoms with Gasteiger partial charge in [-0.25, -0.2) is 0 Å². The van der Waals surface area contributed by atoms with Crippen LogP contribution in [0.2, 0.25) is 0 Å². The molecule has 3 nitrogen and oxygen atoms in total. The third kappa shape index (κ3) is 6.22. The fourth-order valence-electron chi connectivity index (χ4n) is 2.18. The second-order valence-corrected chi connectivity index (χ2v) is 5.29. The van der Waals surface area contributed by atoms with Crippen molar-refractivity contribution < 1.29 is 78.4 Å². The largest absolute Gasteiger partial charge is 1.00 e. The number of hydrogen-bond acceptors (Lipinski definition) is 3. The maximum Gasteiger partial charge on any atom is 1.00 e. The van der Waals surface area contributed by atoms with Gasteiger partial charge in [-0.05, 0) is 30.7 Å². The minimum atomic E-state index is -0.0803. The van der Waals surface area contributed by atoms with Crippen molar-refractivity contribution in [1.82, 2.24) is 4.90 Å². The van der Waals surface area contributed by atoms with Crippen molar-refractivity contribution in [2.24, 2.45) is 5.92 Å². The number of carbonyl (C=O) groups is 1. The predicted octanol–water partition coefficient (Wildman–Crippen LogP) is -0.102. The zero-order valence-electron chi connectivity index (χ0n) is 11.9. The van der Waals surface area contributed by atoms with Gasteiger partial charge in [0.25, 0.3) is 0 Å². The van der Waals surface area contributed by atoms with E-state index in [1.165, 1.54) is 12.7 Å². The first kappa shape index (κ1) is 20.2. The maximum atomic E-state index is 11.4. The Morgan fingerprint density at radius 1 is 1.42 bits per heavy atom. The Morgan fingerprint density at radius 2 is 2.05 bits per heavy atom. The first-order valence-corrected chi connectivity index (χ1v) is 6.53. The summed E-state index contributed by atoms with van der Waals surface area (Å²) in [5, 5.41) is 0. The van der Waals surface area contributed by atoms with E-state index >= 15 is 0 Å². The van der Waals surface area contributed by atoms with Crippen LogP contribution in [0.25, 0.3) is 0 Å². The number of hydrogen-bond donors (Lipinski definition) is 0. The molecule has 100 valence electrons. The van der Waals surface area contributed by atoms with Crippen molar-refractivity contribution in [1.29, 1.82) is 0 Å². The summed E-state index contributed by atoms with van der Waals surface area (Å²) in [5.74, 6) is -0.0289. The average molecular weight is 446 g/mol. The molecule has 0 spiro atoms. The zero-order valence-corrected chi connectivity index (χ0v) is 19.7. The summed E-state index contributed by atoms with van der Waals surface area (Å²) < 4.78 is 5.87. The van der Waals surface area contributed by atoms with Crippen LogP contribution in [-0.4, -0.2) is 31.1 Å². The number of halogens is 1. The molecule has 0 N–H and O–H groups in total. The molecular weight excluding hydrogens is 427 g/mol. The first-order chi connectivity index (χ1) is 8.19. The molecular formula is C14H19BrCsNO2. The Balaban J connectivity index is 0.00000162. The Kier molecular flexibility index (Phi) is 10.6. The molecule has 0 amide bonds. The summed E-state index contributed by atoms with van der Waals surface area (Å²) in [5.41, 5.74) is 1.28. The van der Waals surface area contributed by atoms with E-state index in [1.807, 2.05) is 12.1 Å². The van der Waals surface area contributed by atoms with Crippen LogP contribution >= 0.6 is 15.9 Å². The Hall–Kier alpha value is 1.18. The van der Waals surface area contributed by atoms with Crippen LogP contribution in [0.15, 0.2) is 28.7 Å². The van der Waals surface area contributed by atoms with E-state index in [0.29, 0.717) is 0 Å². The quantitative estimate of drug-likeness (QED) is 0.480. The molecule has 0 aromatic heterocycles. The smallest absolute Gasteiger partial charge is 0.469 e. The molecule has 1 atom stereocenters. The number of ether oxygens (including phenoxy) is 1. The monoisotopic (exact) mass is 445 g/mol. The molecule has 0 aliphatic carbocycles. The molecule has 1 aliphatic heterocycles. The molecule has 0 bridgehead atoms. The molecule has 1 heterocycles. The molecule has 1 aromatic rings. The third-order valence-corrected chi connectivity index (χ3v) is 3.65. The van der Waals surface area contributed by atoms with Gasteiger partial charge in [-0.1, -0.05) is 28.1 Å². The van der Waals surface area contributed by atoms with Crippen LogP contribution in [0, 0.1) is 13.3 Å². The summed E-state index contributed by atoms with van der Waals surface area (Å²) in [6.45, 7) is 2.68. The molecule has 0 saturated carbocycles. The molecule has 1 unspecified atom stereocenters. The molecule has 19 heavy (non-hydrogen) atoms. The van der Waals surface area contributed by atoms with Gasteiger partial charge in [-0.3, -0.25) is 9.69 Å². The van der Waals surface area contributed by atoms with Gasteiger partial charge in [0, 0.05) is 17.6 Å². The van der Waals surface area contributed by atoms with Gasteiger partial charge in [-0.2, -0.15) is 0 Å². The molecule has 1 aliphatic rings. The second kappa shape index (κ2) is 10.00. The van der Waals surface area contributed by atoms with Crippen LogP contribution in [-0.2, 0) is 16.1 Å². The number of esters is 1. The first-order valence-electron chi connectivity index (χ1n) is 5.73. The maximum absolute atomic E-state index is 11.4. The van der Waals surface area contributed by atoms with Crippen LogP contribution in [0.5, 0.6) is 0 Å². The van der Waals surface area contributed by atoms with E-state index < -0.39 is 0 Å². The topological polar surface area (TPSA) is 29.5 Å². The summed E-state index contributed by atoms with van der Waals surface area (Å²) in [7, 11) is 1.46. The van der Waals surface area contributed by atoms with Gasteiger partial charge in [0.05, 0.1) is 13.0 Å². The average Bonchev–Trinajstić information content (AvgIpc) is 2.80. The van der Waals surface area contributed by atoms with Crippen LogP contribution < -0.4 is 68.9 Å². The molecule has 2 rings (SSSR count). The van der Waals surface area contributed by atoms with E-state index in [4.69, 9.17) is 4.74 Å². The van der Waals surface area contributed by atoms with E-state index in [0.717, 1.165) is 30.5 Å². The van der Waals surface area contributed by atoms with Crippen molar-refractivity contribution in [3.05, 3.63) is 41.7 Å². The number of likely N-dealkylation sites (tertiary alicyclic amines) is 1. The molecule has 0 radical (unpaired) electrons. The number of rotatable bonds is 3. The SMILES string of the molecule is COC(=O)C1CCN(Cc2ccc(Br)cc2)C1.[CH3-].[Cs+]. The van der Waals surface area contributed by atoms with Gasteiger partial charge in [0.15, 0.2) is 0 Å². The molecule has 1 saturated heterocycles. The Labute approximate surface area is 183 Å². The second-order valence-electron chi connectivity index (χ2n) is 4.37. The van der Waals surface area contributed by atoms with Crippen molar-refractivity contribution in [3.8, 4) is 0 Å². The predicted molar refractivity (Wildman–Crippen MR) is 76.0 cm³/mol. The van der Waals surface area contributed by atoms with Crippen molar-refractivity contribution in [2.45, 2.75) is 13.0 Å². The van der Waals surface area contributed by atoms with E-state index in [1.54, 1.807) is 0 Å². The Bertz CT molecular complexity index is 397. The van der Waals surface area contributed by atoms with Crippen molar-refractivity contribution in [3.63, 3.8) is 0 Å². The van der Waals surface area contributed by atoms with Crippen LogP contribution in [0.4, 0.5) is 0 Å². The summed E-state index contributed by atoms with van der Waals surface area (Å²) in [6.07, 6.45) is 0.906. The van der Waals surface area contributed by atoms with Gasteiger partial charge in [-0.15, -0.1) is 0 Å². The number of carbonyl (C=O) groups excluding carboxylic acids is 1. The van der Waals surface area contributed by atoms with Gasteiger partial charge < -0.3 is 12.2 Å². The Morgan fingerprint density at radius 3 is 2.63 bits per heavy atom. The fourth-order valence-corrected chi connectivity index (χ4v) is 2.45. The van der Waals surface area contributed by atoms with Crippen molar-refractivity contribution >= 4 is 21.9 Å².